The second-order valence-corrected chi connectivity index (χ2v) is 10.2. The zero-order valence-electron chi connectivity index (χ0n) is 18.4. The van der Waals surface area contributed by atoms with E-state index in [1.165, 1.54) is 45.0 Å². The fourth-order valence-corrected chi connectivity index (χ4v) is 3.61. The summed E-state index contributed by atoms with van der Waals surface area (Å²) in [5, 5.41) is 2.70. The first-order valence-electron chi connectivity index (χ1n) is 9.59. The van der Waals surface area contributed by atoms with E-state index < -0.39 is 10.0 Å². The van der Waals surface area contributed by atoms with Gasteiger partial charge in [0.05, 0.1) is 30.7 Å². The van der Waals surface area contributed by atoms with Crippen LogP contribution >= 0.6 is 0 Å². The maximum atomic E-state index is 12.3. The number of sulfonamides is 1. The lowest BCUT2D eigenvalue weighted by Crippen LogP contribution is -2.22. The van der Waals surface area contributed by atoms with Crippen molar-refractivity contribution in [2.24, 2.45) is 0 Å². The van der Waals surface area contributed by atoms with E-state index in [2.05, 4.69) is 26.1 Å². The number of ether oxygens (including phenoxy) is 2. The van der Waals surface area contributed by atoms with Gasteiger partial charge in [0, 0.05) is 14.1 Å². The van der Waals surface area contributed by atoms with Crippen LogP contribution in [0.3, 0.4) is 0 Å². The van der Waals surface area contributed by atoms with Crippen molar-refractivity contribution >= 4 is 21.6 Å². The third-order valence-corrected chi connectivity index (χ3v) is 6.35. The number of hydrogen-bond acceptors (Lipinski definition) is 5. The SMILES string of the molecule is COc1ccc(S(=O)(=O)N(C)C)cc1NC(=O)CCOc1ccc(C(C)(C)C)cc1. The summed E-state index contributed by atoms with van der Waals surface area (Å²) in [6.07, 6.45) is 0.106. The van der Waals surface area contributed by atoms with Gasteiger partial charge < -0.3 is 14.8 Å². The third kappa shape index (κ3) is 5.96. The van der Waals surface area contributed by atoms with Gasteiger partial charge in [0.2, 0.25) is 15.9 Å². The molecule has 30 heavy (non-hydrogen) atoms. The van der Waals surface area contributed by atoms with Gasteiger partial charge >= 0.3 is 0 Å². The predicted octanol–water partition coefficient (Wildman–Crippen LogP) is 3.65. The Kier molecular flexibility index (Phi) is 7.49. The van der Waals surface area contributed by atoms with Crippen molar-refractivity contribution in [2.45, 2.75) is 37.5 Å². The summed E-state index contributed by atoms with van der Waals surface area (Å²) in [6, 6.07) is 12.1. The van der Waals surface area contributed by atoms with Crippen molar-refractivity contribution in [1.82, 2.24) is 4.31 Å². The molecule has 0 radical (unpaired) electrons. The number of nitrogens with zero attached hydrogens (tertiary/aromatic N) is 1. The summed E-state index contributed by atoms with van der Waals surface area (Å²) < 4.78 is 36.7. The Labute approximate surface area is 179 Å². The molecule has 0 bridgehead atoms. The first-order valence-corrected chi connectivity index (χ1v) is 11.0. The summed E-state index contributed by atoms with van der Waals surface area (Å²) in [7, 11) is 0.724. The first-order chi connectivity index (χ1) is 13.9. The van der Waals surface area contributed by atoms with E-state index in [1.54, 1.807) is 0 Å². The number of anilines is 1. The quantitative estimate of drug-likeness (QED) is 0.686. The van der Waals surface area contributed by atoms with E-state index in [0.717, 1.165) is 4.31 Å². The van der Waals surface area contributed by atoms with Crippen molar-refractivity contribution < 1.29 is 22.7 Å². The van der Waals surface area contributed by atoms with E-state index >= 15 is 0 Å². The van der Waals surface area contributed by atoms with Crippen LogP contribution in [0.1, 0.15) is 32.8 Å². The Morgan fingerprint density at radius 2 is 1.70 bits per heavy atom. The molecule has 0 spiro atoms. The number of carbonyl (C=O) groups is 1. The highest BCUT2D eigenvalue weighted by molar-refractivity contribution is 7.89. The highest BCUT2D eigenvalue weighted by atomic mass is 32.2. The Morgan fingerprint density at radius 1 is 1.07 bits per heavy atom. The summed E-state index contributed by atoms with van der Waals surface area (Å²) in [4.78, 5) is 12.4. The molecule has 0 heterocycles. The lowest BCUT2D eigenvalue weighted by Gasteiger charge is -2.19. The van der Waals surface area contributed by atoms with Gasteiger partial charge in [-0.3, -0.25) is 4.79 Å². The second kappa shape index (κ2) is 9.49. The van der Waals surface area contributed by atoms with Gasteiger partial charge in [0.1, 0.15) is 11.5 Å². The smallest absolute Gasteiger partial charge is 0.242 e. The van der Waals surface area contributed by atoms with Crippen LogP contribution in [0.4, 0.5) is 5.69 Å². The molecule has 1 amide bonds. The minimum Gasteiger partial charge on any atom is -0.495 e. The number of benzene rings is 2. The molecule has 1 N–H and O–H groups in total. The Balaban J connectivity index is 2.00. The molecule has 0 saturated heterocycles. The van der Waals surface area contributed by atoms with Gasteiger partial charge in [-0.1, -0.05) is 32.9 Å². The number of nitrogens with one attached hydrogen (secondary N) is 1. The van der Waals surface area contributed by atoms with Gasteiger partial charge in [-0.15, -0.1) is 0 Å². The molecule has 0 fully saturated rings. The molecule has 0 atom stereocenters. The second-order valence-electron chi connectivity index (χ2n) is 8.07. The van der Waals surface area contributed by atoms with Crippen molar-refractivity contribution in [2.75, 3.05) is 33.1 Å². The van der Waals surface area contributed by atoms with Crippen molar-refractivity contribution in [1.29, 1.82) is 0 Å². The molecule has 0 aliphatic rings. The highest BCUT2D eigenvalue weighted by Gasteiger charge is 2.20. The fraction of sp³-hybridized carbons (Fsp3) is 0.409. The molecule has 164 valence electrons. The van der Waals surface area contributed by atoms with Gasteiger partial charge in [0.25, 0.3) is 0 Å². The minimum absolute atomic E-state index is 0.0616. The molecule has 0 saturated carbocycles. The number of rotatable bonds is 8. The zero-order chi connectivity index (χ0) is 22.5. The molecule has 2 aromatic rings. The molecular weight excluding hydrogens is 404 g/mol. The van der Waals surface area contributed by atoms with Crippen LogP contribution in [0.5, 0.6) is 11.5 Å². The molecule has 0 aliphatic heterocycles. The summed E-state index contributed by atoms with van der Waals surface area (Å²) in [6.45, 7) is 6.61. The van der Waals surface area contributed by atoms with E-state index in [1.807, 2.05) is 24.3 Å². The normalized spacial score (nSPS) is 12.0. The molecule has 2 aromatic carbocycles. The van der Waals surface area contributed by atoms with Crippen LogP contribution < -0.4 is 14.8 Å². The highest BCUT2D eigenvalue weighted by Crippen LogP contribution is 2.29. The van der Waals surface area contributed by atoms with E-state index in [0.29, 0.717) is 17.2 Å². The standard InChI is InChI=1S/C22H30N2O5S/c1-22(2,3)16-7-9-17(10-8-16)29-14-13-21(25)23-19-15-18(11-12-20(19)28-6)30(26,27)24(4)5/h7-12,15H,13-14H2,1-6H3,(H,23,25). The first kappa shape index (κ1) is 23.7. The lowest BCUT2D eigenvalue weighted by molar-refractivity contribution is -0.116. The topological polar surface area (TPSA) is 84.9 Å². The molecule has 0 unspecified atom stereocenters. The number of hydrogen-bond donors (Lipinski definition) is 1. The van der Waals surface area contributed by atoms with Crippen LogP contribution in [0.2, 0.25) is 0 Å². The van der Waals surface area contributed by atoms with Gasteiger partial charge in [-0.2, -0.15) is 0 Å². The Morgan fingerprint density at radius 3 is 2.23 bits per heavy atom. The van der Waals surface area contributed by atoms with Crippen molar-refractivity contribution in [3.63, 3.8) is 0 Å². The van der Waals surface area contributed by atoms with Crippen molar-refractivity contribution in [3.05, 3.63) is 48.0 Å². The largest absolute Gasteiger partial charge is 0.495 e. The molecule has 0 aliphatic carbocycles. The molecule has 8 heteroatoms. The minimum atomic E-state index is -3.63. The Hall–Kier alpha value is -2.58. The lowest BCUT2D eigenvalue weighted by atomic mass is 9.87. The molecule has 7 nitrogen and oxygen atoms in total. The zero-order valence-corrected chi connectivity index (χ0v) is 19.2. The van der Waals surface area contributed by atoms with Crippen LogP contribution in [0.25, 0.3) is 0 Å². The Bertz CT molecular complexity index is 978. The van der Waals surface area contributed by atoms with Crippen LogP contribution in [0, 0.1) is 0 Å². The maximum absolute atomic E-state index is 12.3. The number of carbonyl (C=O) groups excluding carboxylic acids is 1. The summed E-state index contributed by atoms with van der Waals surface area (Å²) in [5.74, 6) is 0.756. The van der Waals surface area contributed by atoms with E-state index in [9.17, 15) is 13.2 Å². The average Bonchev–Trinajstić information content (AvgIpc) is 2.67. The van der Waals surface area contributed by atoms with E-state index in [-0.39, 0.29) is 29.2 Å². The van der Waals surface area contributed by atoms with Crippen molar-refractivity contribution in [3.8, 4) is 11.5 Å². The third-order valence-electron chi connectivity index (χ3n) is 4.54. The summed E-state index contributed by atoms with van der Waals surface area (Å²) in [5.41, 5.74) is 1.55. The average molecular weight is 435 g/mol. The van der Waals surface area contributed by atoms with Gasteiger partial charge in [-0.25, -0.2) is 12.7 Å². The molecule has 0 aromatic heterocycles. The monoisotopic (exact) mass is 434 g/mol. The summed E-state index contributed by atoms with van der Waals surface area (Å²) >= 11 is 0. The molecule has 2 rings (SSSR count). The maximum Gasteiger partial charge on any atom is 0.242 e. The van der Waals surface area contributed by atoms with Crippen LogP contribution in [0.15, 0.2) is 47.4 Å². The number of methoxy groups -OCH3 is 1. The number of amides is 1. The van der Waals surface area contributed by atoms with Crippen LogP contribution in [-0.2, 0) is 20.2 Å². The molecular formula is C22H30N2O5S. The predicted molar refractivity (Wildman–Crippen MR) is 118 cm³/mol. The van der Waals surface area contributed by atoms with E-state index in [4.69, 9.17) is 9.47 Å². The van der Waals surface area contributed by atoms with Gasteiger partial charge in [-0.05, 0) is 41.3 Å². The van der Waals surface area contributed by atoms with Gasteiger partial charge in [0.15, 0.2) is 0 Å². The fourth-order valence-electron chi connectivity index (χ4n) is 2.68. The van der Waals surface area contributed by atoms with Crippen LogP contribution in [-0.4, -0.2) is 46.4 Å².